The van der Waals surface area contributed by atoms with Crippen LogP contribution in [-0.2, 0) is 12.8 Å². The number of unbranched alkanes of at least 4 members (excludes halogenated alkanes) is 4. The molecule has 0 radical (unpaired) electrons. The number of rotatable bonds is 10. The Hall–Kier alpha value is -1.47. The van der Waals surface area contributed by atoms with Crippen molar-refractivity contribution in [3.8, 4) is 0 Å². The van der Waals surface area contributed by atoms with Gasteiger partial charge in [-0.2, -0.15) is 0 Å². The minimum absolute atomic E-state index is 0.999. The van der Waals surface area contributed by atoms with Crippen molar-refractivity contribution in [3.63, 3.8) is 0 Å². The van der Waals surface area contributed by atoms with Gasteiger partial charge >= 0.3 is 0 Å². The highest BCUT2D eigenvalue weighted by molar-refractivity contribution is 7.81. The molecule has 128 valence electrons. The third kappa shape index (κ3) is 5.27. The minimum Gasteiger partial charge on any atom is -0.0788 e. The highest BCUT2D eigenvalue weighted by Gasteiger charge is 2.13. The average molecular weight is 339 g/mol. The summed E-state index contributed by atoms with van der Waals surface area (Å²) in [6, 6.07) is 17.2. The summed E-state index contributed by atoms with van der Waals surface area (Å²) in [4.78, 5) is 0.999. The summed E-state index contributed by atoms with van der Waals surface area (Å²) >= 11 is 5.85. The Bertz CT molecular complexity index is 628. The maximum absolute atomic E-state index is 5.85. The predicted molar refractivity (Wildman–Crippen MR) is 110 cm³/mol. The molecule has 0 heterocycles. The third-order valence-corrected chi connectivity index (χ3v) is 5.09. The Labute approximate surface area is 153 Å². The van der Waals surface area contributed by atoms with Gasteiger partial charge in [0.25, 0.3) is 0 Å². The molecule has 0 aliphatic heterocycles. The third-order valence-electron chi connectivity index (χ3n) is 4.63. The van der Waals surface area contributed by atoms with E-state index in [4.69, 9.17) is 12.2 Å². The van der Waals surface area contributed by atoms with Crippen LogP contribution >= 0.6 is 12.2 Å². The summed E-state index contributed by atoms with van der Waals surface area (Å²) in [5, 5.41) is 0. The molecule has 0 fully saturated rings. The molecule has 0 aliphatic rings. The highest BCUT2D eigenvalue weighted by Crippen LogP contribution is 2.23. The standard InChI is InChI=1S/C23H30S/c1-3-5-8-13-19-16-12-18-22(21(19)17-9-6-4-2)23(24)20-14-10-7-11-15-20/h7,10-12,14-16,18H,3-6,8-9,13,17H2,1-2H3. The first kappa shape index (κ1) is 18.9. The van der Waals surface area contributed by atoms with E-state index in [0.29, 0.717) is 0 Å². The lowest BCUT2D eigenvalue weighted by Crippen LogP contribution is -2.08. The second kappa shape index (κ2) is 10.4. The molecule has 0 bridgehead atoms. The lowest BCUT2D eigenvalue weighted by molar-refractivity contribution is 0.693. The van der Waals surface area contributed by atoms with Crippen molar-refractivity contribution in [1.82, 2.24) is 0 Å². The fraction of sp³-hybridized carbons (Fsp3) is 0.435. The van der Waals surface area contributed by atoms with Crippen LogP contribution in [0.15, 0.2) is 48.5 Å². The van der Waals surface area contributed by atoms with E-state index in [1.165, 1.54) is 61.6 Å². The maximum Gasteiger partial charge on any atom is 0.0524 e. The SMILES string of the molecule is CCCCCc1cccc(C(=S)c2ccccc2)c1CCCCC. The Kier molecular flexibility index (Phi) is 8.18. The molecule has 0 N–H and O–H groups in total. The number of hydrogen-bond donors (Lipinski definition) is 0. The summed E-state index contributed by atoms with van der Waals surface area (Å²) in [5.41, 5.74) is 5.45. The van der Waals surface area contributed by atoms with Gasteiger partial charge in [-0.15, -0.1) is 0 Å². The lowest BCUT2D eigenvalue weighted by Gasteiger charge is -2.16. The monoisotopic (exact) mass is 338 g/mol. The van der Waals surface area contributed by atoms with Gasteiger partial charge in [0.05, 0.1) is 4.86 Å². The quantitative estimate of drug-likeness (QED) is 0.257. The lowest BCUT2D eigenvalue weighted by atomic mass is 9.90. The predicted octanol–water partition coefficient (Wildman–Crippen LogP) is 6.92. The molecule has 2 rings (SSSR count). The number of thiocarbonyl (C=S) groups is 1. The van der Waals surface area contributed by atoms with Gasteiger partial charge in [0.15, 0.2) is 0 Å². The second-order valence-corrected chi connectivity index (χ2v) is 6.96. The Morgan fingerprint density at radius 1 is 0.750 bits per heavy atom. The molecule has 0 unspecified atom stereocenters. The molecule has 0 spiro atoms. The van der Waals surface area contributed by atoms with Crippen molar-refractivity contribution >= 4 is 17.1 Å². The summed E-state index contributed by atoms with van der Waals surface area (Å²) in [7, 11) is 0. The van der Waals surface area contributed by atoms with E-state index in [0.717, 1.165) is 16.8 Å². The Balaban J connectivity index is 2.30. The Morgan fingerprint density at radius 2 is 1.42 bits per heavy atom. The van der Waals surface area contributed by atoms with Crippen molar-refractivity contribution in [2.45, 2.75) is 65.2 Å². The van der Waals surface area contributed by atoms with E-state index in [-0.39, 0.29) is 0 Å². The van der Waals surface area contributed by atoms with Crippen molar-refractivity contribution in [2.75, 3.05) is 0 Å². The molecule has 0 aliphatic carbocycles. The number of hydrogen-bond acceptors (Lipinski definition) is 1. The molecule has 0 aromatic heterocycles. The molecular weight excluding hydrogens is 308 g/mol. The van der Waals surface area contributed by atoms with Crippen LogP contribution in [0.2, 0.25) is 0 Å². The molecule has 0 saturated heterocycles. The molecule has 24 heavy (non-hydrogen) atoms. The maximum atomic E-state index is 5.85. The van der Waals surface area contributed by atoms with E-state index < -0.39 is 0 Å². The smallest absolute Gasteiger partial charge is 0.0524 e. The van der Waals surface area contributed by atoms with Gasteiger partial charge in [0.1, 0.15) is 0 Å². The molecule has 0 atom stereocenters. The highest BCUT2D eigenvalue weighted by atomic mass is 32.1. The molecule has 2 aromatic rings. The first-order valence-corrected chi connectivity index (χ1v) is 9.89. The van der Waals surface area contributed by atoms with Crippen molar-refractivity contribution in [1.29, 1.82) is 0 Å². The fourth-order valence-electron chi connectivity index (χ4n) is 3.24. The fourth-order valence-corrected chi connectivity index (χ4v) is 3.57. The van der Waals surface area contributed by atoms with Crippen LogP contribution in [0.3, 0.4) is 0 Å². The van der Waals surface area contributed by atoms with Gasteiger partial charge in [-0.3, -0.25) is 0 Å². The molecule has 2 aromatic carbocycles. The second-order valence-electron chi connectivity index (χ2n) is 6.55. The van der Waals surface area contributed by atoms with Gasteiger partial charge in [-0.05, 0) is 47.9 Å². The van der Waals surface area contributed by atoms with Crippen molar-refractivity contribution < 1.29 is 0 Å². The van der Waals surface area contributed by atoms with E-state index in [9.17, 15) is 0 Å². The Morgan fingerprint density at radius 3 is 2.08 bits per heavy atom. The van der Waals surface area contributed by atoms with Crippen LogP contribution in [0.5, 0.6) is 0 Å². The summed E-state index contributed by atoms with van der Waals surface area (Å²) in [5.74, 6) is 0. The zero-order valence-corrected chi connectivity index (χ0v) is 16.0. The molecule has 0 saturated carbocycles. The first-order chi connectivity index (χ1) is 11.8. The van der Waals surface area contributed by atoms with Crippen molar-refractivity contribution in [2.24, 2.45) is 0 Å². The minimum atomic E-state index is 0.999. The summed E-state index contributed by atoms with van der Waals surface area (Å²) in [6.07, 6.45) is 10.00. The van der Waals surface area contributed by atoms with Crippen LogP contribution in [0.25, 0.3) is 0 Å². The average Bonchev–Trinajstić information content (AvgIpc) is 2.63. The van der Waals surface area contributed by atoms with Crippen LogP contribution in [0.1, 0.15) is 74.6 Å². The molecule has 0 amide bonds. The summed E-state index contributed by atoms with van der Waals surface area (Å²) in [6.45, 7) is 4.53. The van der Waals surface area contributed by atoms with E-state index in [1.807, 2.05) is 0 Å². The van der Waals surface area contributed by atoms with Crippen LogP contribution in [-0.4, -0.2) is 4.86 Å². The van der Waals surface area contributed by atoms with Crippen molar-refractivity contribution in [3.05, 3.63) is 70.8 Å². The topological polar surface area (TPSA) is 0 Å². The van der Waals surface area contributed by atoms with Crippen LogP contribution in [0.4, 0.5) is 0 Å². The molecule has 0 nitrogen and oxygen atoms in total. The van der Waals surface area contributed by atoms with Gasteiger partial charge in [-0.25, -0.2) is 0 Å². The number of benzene rings is 2. The van der Waals surface area contributed by atoms with Gasteiger partial charge in [0.2, 0.25) is 0 Å². The van der Waals surface area contributed by atoms with Gasteiger partial charge in [0, 0.05) is 0 Å². The van der Waals surface area contributed by atoms with Crippen LogP contribution in [0, 0.1) is 0 Å². The normalized spacial score (nSPS) is 10.8. The van der Waals surface area contributed by atoms with E-state index in [1.54, 1.807) is 0 Å². The van der Waals surface area contributed by atoms with E-state index >= 15 is 0 Å². The van der Waals surface area contributed by atoms with Crippen LogP contribution < -0.4 is 0 Å². The van der Waals surface area contributed by atoms with Gasteiger partial charge in [-0.1, -0.05) is 100 Å². The van der Waals surface area contributed by atoms with Gasteiger partial charge < -0.3 is 0 Å². The first-order valence-electron chi connectivity index (χ1n) is 9.48. The molecular formula is C23H30S. The summed E-state index contributed by atoms with van der Waals surface area (Å²) < 4.78 is 0. The van der Waals surface area contributed by atoms with E-state index in [2.05, 4.69) is 62.4 Å². The zero-order valence-electron chi connectivity index (χ0n) is 15.2. The largest absolute Gasteiger partial charge is 0.0788 e. The zero-order chi connectivity index (χ0) is 17.2. The molecule has 1 heteroatoms. The number of aryl methyl sites for hydroxylation is 1.